The van der Waals surface area contributed by atoms with Crippen molar-refractivity contribution >= 4 is 0 Å². The SMILES string of the molecule is CCCC(N)c1cc(C(C)C)c(OCCCC(C)C)cc1C. The van der Waals surface area contributed by atoms with E-state index in [0.717, 1.165) is 37.5 Å². The van der Waals surface area contributed by atoms with E-state index in [0.29, 0.717) is 5.92 Å². The molecule has 2 heteroatoms. The van der Waals surface area contributed by atoms with Gasteiger partial charge in [0.05, 0.1) is 6.61 Å². The first-order chi connectivity index (χ1) is 10.4. The second kappa shape index (κ2) is 9.19. The van der Waals surface area contributed by atoms with Crippen LogP contribution in [-0.4, -0.2) is 6.61 Å². The number of rotatable bonds is 9. The summed E-state index contributed by atoms with van der Waals surface area (Å²) in [5.74, 6) is 2.24. The van der Waals surface area contributed by atoms with Gasteiger partial charge in [0.1, 0.15) is 5.75 Å². The maximum absolute atomic E-state index is 6.34. The summed E-state index contributed by atoms with van der Waals surface area (Å²) < 4.78 is 6.08. The molecule has 0 saturated heterocycles. The summed E-state index contributed by atoms with van der Waals surface area (Å²) in [5, 5.41) is 0. The summed E-state index contributed by atoms with van der Waals surface area (Å²) in [4.78, 5) is 0. The van der Waals surface area contributed by atoms with Gasteiger partial charge < -0.3 is 10.5 Å². The number of hydrogen-bond acceptors (Lipinski definition) is 2. The zero-order valence-corrected chi connectivity index (χ0v) is 15.4. The van der Waals surface area contributed by atoms with Crippen molar-refractivity contribution in [3.8, 4) is 5.75 Å². The third-order valence-electron chi connectivity index (χ3n) is 4.20. The average Bonchev–Trinajstić information content (AvgIpc) is 2.43. The van der Waals surface area contributed by atoms with Crippen molar-refractivity contribution in [1.29, 1.82) is 0 Å². The Hall–Kier alpha value is -1.02. The van der Waals surface area contributed by atoms with E-state index >= 15 is 0 Å². The lowest BCUT2D eigenvalue weighted by Gasteiger charge is -2.21. The minimum absolute atomic E-state index is 0.137. The molecule has 2 N–H and O–H groups in total. The van der Waals surface area contributed by atoms with E-state index < -0.39 is 0 Å². The van der Waals surface area contributed by atoms with E-state index in [1.54, 1.807) is 0 Å². The molecule has 0 aliphatic heterocycles. The molecule has 1 aromatic rings. The van der Waals surface area contributed by atoms with Gasteiger partial charge in [-0.2, -0.15) is 0 Å². The first kappa shape index (κ1) is 19.0. The summed E-state index contributed by atoms with van der Waals surface area (Å²) in [6.07, 6.45) is 4.48. The summed E-state index contributed by atoms with van der Waals surface area (Å²) >= 11 is 0. The molecular formula is C20H35NO. The Morgan fingerprint density at radius 3 is 2.27 bits per heavy atom. The van der Waals surface area contributed by atoms with E-state index in [1.807, 2.05) is 0 Å². The third-order valence-corrected chi connectivity index (χ3v) is 4.20. The van der Waals surface area contributed by atoms with Crippen LogP contribution in [0.3, 0.4) is 0 Å². The monoisotopic (exact) mass is 305 g/mol. The fraction of sp³-hybridized carbons (Fsp3) is 0.700. The van der Waals surface area contributed by atoms with E-state index in [1.165, 1.54) is 23.1 Å². The van der Waals surface area contributed by atoms with Crippen LogP contribution in [0.1, 0.15) is 89.0 Å². The predicted molar refractivity (Wildman–Crippen MR) is 96.7 cm³/mol. The fourth-order valence-corrected chi connectivity index (χ4v) is 2.83. The number of hydrogen-bond donors (Lipinski definition) is 1. The summed E-state index contributed by atoms with van der Waals surface area (Å²) in [5.41, 5.74) is 10.2. The van der Waals surface area contributed by atoms with Gasteiger partial charge in [0, 0.05) is 6.04 Å². The molecule has 1 unspecified atom stereocenters. The van der Waals surface area contributed by atoms with Gasteiger partial charge in [-0.05, 0) is 60.8 Å². The minimum Gasteiger partial charge on any atom is -0.493 e. The minimum atomic E-state index is 0.137. The maximum Gasteiger partial charge on any atom is 0.123 e. The molecular weight excluding hydrogens is 270 g/mol. The zero-order valence-electron chi connectivity index (χ0n) is 15.4. The van der Waals surface area contributed by atoms with Crippen molar-refractivity contribution in [3.05, 3.63) is 28.8 Å². The Labute approximate surface area is 137 Å². The Kier molecular flexibility index (Phi) is 7.95. The van der Waals surface area contributed by atoms with Crippen LogP contribution >= 0.6 is 0 Å². The van der Waals surface area contributed by atoms with Crippen LogP contribution < -0.4 is 10.5 Å². The summed E-state index contributed by atoms with van der Waals surface area (Å²) in [6, 6.07) is 4.60. The van der Waals surface area contributed by atoms with E-state index in [-0.39, 0.29) is 6.04 Å². The van der Waals surface area contributed by atoms with Gasteiger partial charge in [0.2, 0.25) is 0 Å². The maximum atomic E-state index is 6.34. The van der Waals surface area contributed by atoms with Crippen LogP contribution in [0.4, 0.5) is 0 Å². The molecule has 0 spiro atoms. The van der Waals surface area contributed by atoms with Crippen molar-refractivity contribution in [2.24, 2.45) is 11.7 Å². The number of nitrogens with two attached hydrogens (primary N) is 1. The molecule has 1 rings (SSSR count). The molecule has 1 atom stereocenters. The lowest BCUT2D eigenvalue weighted by Crippen LogP contribution is -2.13. The molecule has 126 valence electrons. The van der Waals surface area contributed by atoms with Gasteiger partial charge in [0.15, 0.2) is 0 Å². The number of aryl methyl sites for hydroxylation is 1. The fourth-order valence-electron chi connectivity index (χ4n) is 2.83. The molecule has 22 heavy (non-hydrogen) atoms. The Balaban J connectivity index is 2.90. The van der Waals surface area contributed by atoms with Gasteiger partial charge in [-0.1, -0.05) is 47.1 Å². The second-order valence-electron chi connectivity index (χ2n) is 7.18. The lowest BCUT2D eigenvalue weighted by molar-refractivity contribution is 0.293. The standard InChI is InChI=1S/C20H35NO/c1-7-9-19(21)18-13-17(15(4)5)20(12-16(18)6)22-11-8-10-14(2)3/h12-15,19H,7-11,21H2,1-6H3. The first-order valence-corrected chi connectivity index (χ1v) is 8.89. The molecule has 0 heterocycles. The van der Waals surface area contributed by atoms with E-state index in [4.69, 9.17) is 10.5 Å². The summed E-state index contributed by atoms with van der Waals surface area (Å²) in [6.45, 7) is 14.1. The van der Waals surface area contributed by atoms with Crippen LogP contribution in [0, 0.1) is 12.8 Å². The largest absolute Gasteiger partial charge is 0.493 e. The van der Waals surface area contributed by atoms with Crippen molar-refractivity contribution in [2.75, 3.05) is 6.61 Å². The average molecular weight is 306 g/mol. The number of benzene rings is 1. The molecule has 0 aliphatic rings. The van der Waals surface area contributed by atoms with Crippen molar-refractivity contribution in [2.45, 2.75) is 79.2 Å². The van der Waals surface area contributed by atoms with Crippen molar-refractivity contribution < 1.29 is 4.74 Å². The van der Waals surface area contributed by atoms with Crippen LogP contribution in [0.25, 0.3) is 0 Å². The highest BCUT2D eigenvalue weighted by atomic mass is 16.5. The molecule has 2 nitrogen and oxygen atoms in total. The highest BCUT2D eigenvalue weighted by Gasteiger charge is 2.15. The third kappa shape index (κ3) is 5.64. The van der Waals surface area contributed by atoms with Crippen molar-refractivity contribution in [3.63, 3.8) is 0 Å². The summed E-state index contributed by atoms with van der Waals surface area (Å²) in [7, 11) is 0. The molecule has 0 amide bonds. The molecule has 0 fully saturated rings. The van der Waals surface area contributed by atoms with E-state index in [9.17, 15) is 0 Å². The lowest BCUT2D eigenvalue weighted by atomic mass is 9.92. The second-order valence-corrected chi connectivity index (χ2v) is 7.18. The Morgan fingerprint density at radius 2 is 1.73 bits per heavy atom. The van der Waals surface area contributed by atoms with Crippen LogP contribution in [-0.2, 0) is 0 Å². The number of ether oxygens (including phenoxy) is 1. The Morgan fingerprint density at radius 1 is 1.05 bits per heavy atom. The predicted octanol–water partition coefficient (Wildman–Crippen LogP) is 5.73. The highest BCUT2D eigenvalue weighted by Crippen LogP contribution is 2.33. The van der Waals surface area contributed by atoms with Gasteiger partial charge in [-0.3, -0.25) is 0 Å². The van der Waals surface area contributed by atoms with Crippen LogP contribution in [0.2, 0.25) is 0 Å². The van der Waals surface area contributed by atoms with E-state index in [2.05, 4.69) is 53.7 Å². The zero-order chi connectivity index (χ0) is 16.7. The molecule has 0 aromatic heterocycles. The van der Waals surface area contributed by atoms with Gasteiger partial charge >= 0.3 is 0 Å². The van der Waals surface area contributed by atoms with Gasteiger partial charge in [-0.15, -0.1) is 0 Å². The molecule has 0 aliphatic carbocycles. The van der Waals surface area contributed by atoms with Crippen molar-refractivity contribution in [1.82, 2.24) is 0 Å². The molecule has 1 aromatic carbocycles. The van der Waals surface area contributed by atoms with Gasteiger partial charge in [0.25, 0.3) is 0 Å². The molecule has 0 saturated carbocycles. The topological polar surface area (TPSA) is 35.2 Å². The van der Waals surface area contributed by atoms with Crippen LogP contribution in [0.15, 0.2) is 12.1 Å². The highest BCUT2D eigenvalue weighted by molar-refractivity contribution is 5.45. The molecule has 0 bridgehead atoms. The molecule has 0 radical (unpaired) electrons. The van der Waals surface area contributed by atoms with Crippen LogP contribution in [0.5, 0.6) is 5.75 Å². The first-order valence-electron chi connectivity index (χ1n) is 8.89. The Bertz CT molecular complexity index is 451. The normalized spacial score (nSPS) is 13.0. The van der Waals surface area contributed by atoms with Gasteiger partial charge in [-0.25, -0.2) is 0 Å². The smallest absolute Gasteiger partial charge is 0.123 e. The quantitative estimate of drug-likeness (QED) is 0.591.